The maximum atomic E-state index is 10.2. The first kappa shape index (κ1) is 15.0. The van der Waals surface area contributed by atoms with Crippen molar-refractivity contribution in [2.75, 3.05) is 0 Å². The van der Waals surface area contributed by atoms with Gasteiger partial charge in [-0.25, -0.2) is 0 Å². The smallest absolute Gasteiger partial charge is 0.143 e. The van der Waals surface area contributed by atoms with Gasteiger partial charge in [-0.2, -0.15) is 0 Å². The lowest BCUT2D eigenvalue weighted by Crippen LogP contribution is -1.82. The molecule has 0 aliphatic carbocycles. The summed E-state index contributed by atoms with van der Waals surface area (Å²) in [7, 11) is 0. The third-order valence-electron chi connectivity index (χ3n) is 3.98. The van der Waals surface area contributed by atoms with E-state index in [0.29, 0.717) is 11.4 Å². The van der Waals surface area contributed by atoms with Crippen LogP contribution >= 0.6 is 0 Å². The van der Waals surface area contributed by atoms with Gasteiger partial charge in [0.1, 0.15) is 11.4 Å². The Morgan fingerprint density at radius 2 is 1.52 bits per heavy atom. The standard InChI is InChI=1S/C21H15N3O/c25-20-13-12-15-7-1-2-8-16(15)21(20)24-23-19-11-4-3-9-17(19)18-10-5-6-14-22-18/h1-14,25H. The Bertz CT molecular complexity index is 1060. The van der Waals surface area contributed by atoms with Crippen molar-refractivity contribution in [2.45, 2.75) is 0 Å². The summed E-state index contributed by atoms with van der Waals surface area (Å²) in [5.74, 6) is 0.109. The van der Waals surface area contributed by atoms with Crippen LogP contribution in [0.1, 0.15) is 0 Å². The molecule has 1 aromatic heterocycles. The molecule has 4 rings (SSSR count). The Morgan fingerprint density at radius 1 is 0.720 bits per heavy atom. The van der Waals surface area contributed by atoms with Crippen molar-refractivity contribution in [1.29, 1.82) is 0 Å². The molecule has 0 bridgehead atoms. The van der Waals surface area contributed by atoms with Gasteiger partial charge in [0.05, 0.1) is 11.4 Å². The molecular weight excluding hydrogens is 310 g/mol. The van der Waals surface area contributed by atoms with Crippen LogP contribution in [0.5, 0.6) is 5.75 Å². The molecule has 0 aliphatic rings. The maximum Gasteiger partial charge on any atom is 0.143 e. The van der Waals surface area contributed by atoms with E-state index in [-0.39, 0.29) is 5.75 Å². The molecule has 4 aromatic rings. The van der Waals surface area contributed by atoms with Gasteiger partial charge in [0, 0.05) is 17.1 Å². The molecule has 4 heteroatoms. The molecule has 120 valence electrons. The zero-order valence-electron chi connectivity index (χ0n) is 13.4. The molecule has 0 radical (unpaired) electrons. The van der Waals surface area contributed by atoms with E-state index in [1.54, 1.807) is 12.3 Å². The number of nitrogens with zero attached hydrogens (tertiary/aromatic N) is 3. The summed E-state index contributed by atoms with van der Waals surface area (Å²) in [6.45, 7) is 0. The zero-order chi connectivity index (χ0) is 17.1. The number of aromatic nitrogens is 1. The molecule has 1 N–H and O–H groups in total. The van der Waals surface area contributed by atoms with Gasteiger partial charge < -0.3 is 5.11 Å². The Hall–Kier alpha value is -3.53. The summed E-state index contributed by atoms with van der Waals surface area (Å²) < 4.78 is 0. The highest BCUT2D eigenvalue weighted by molar-refractivity contribution is 5.95. The molecule has 4 nitrogen and oxygen atoms in total. The van der Waals surface area contributed by atoms with Crippen LogP contribution in [-0.4, -0.2) is 10.1 Å². The van der Waals surface area contributed by atoms with Crippen molar-refractivity contribution >= 4 is 22.1 Å². The van der Waals surface area contributed by atoms with Crippen molar-refractivity contribution in [3.05, 3.63) is 85.1 Å². The number of phenols is 1. The average molecular weight is 325 g/mol. The van der Waals surface area contributed by atoms with Crippen LogP contribution in [0.4, 0.5) is 11.4 Å². The van der Waals surface area contributed by atoms with Gasteiger partial charge in [-0.15, -0.1) is 10.2 Å². The second kappa shape index (κ2) is 6.53. The number of phenolic OH excluding ortho intramolecular Hbond substituents is 1. The van der Waals surface area contributed by atoms with Crippen LogP contribution in [0, 0.1) is 0 Å². The monoisotopic (exact) mass is 325 g/mol. The van der Waals surface area contributed by atoms with Gasteiger partial charge in [-0.3, -0.25) is 4.98 Å². The first-order valence-corrected chi connectivity index (χ1v) is 7.96. The lowest BCUT2D eigenvalue weighted by atomic mass is 10.1. The third-order valence-corrected chi connectivity index (χ3v) is 3.98. The molecule has 0 saturated heterocycles. The normalized spacial score (nSPS) is 11.2. The Labute approximate surface area is 145 Å². The van der Waals surface area contributed by atoms with Gasteiger partial charge in [-0.05, 0) is 29.7 Å². The van der Waals surface area contributed by atoms with Gasteiger partial charge in [0.15, 0.2) is 0 Å². The molecule has 1 heterocycles. The molecule has 3 aromatic carbocycles. The number of rotatable bonds is 3. The first-order valence-electron chi connectivity index (χ1n) is 7.96. The van der Waals surface area contributed by atoms with Crippen LogP contribution < -0.4 is 0 Å². The fourth-order valence-electron chi connectivity index (χ4n) is 2.75. The highest BCUT2D eigenvalue weighted by Crippen LogP contribution is 2.37. The Morgan fingerprint density at radius 3 is 2.40 bits per heavy atom. The van der Waals surface area contributed by atoms with E-state index in [1.807, 2.05) is 72.8 Å². The number of hydrogen-bond acceptors (Lipinski definition) is 4. The number of hydrogen-bond donors (Lipinski definition) is 1. The molecule has 0 saturated carbocycles. The van der Waals surface area contributed by atoms with E-state index in [0.717, 1.165) is 22.0 Å². The second-order valence-corrected chi connectivity index (χ2v) is 5.59. The van der Waals surface area contributed by atoms with Gasteiger partial charge in [0.2, 0.25) is 0 Å². The van der Waals surface area contributed by atoms with Crippen molar-refractivity contribution in [3.63, 3.8) is 0 Å². The van der Waals surface area contributed by atoms with E-state index in [1.165, 1.54) is 0 Å². The number of azo groups is 1. The van der Waals surface area contributed by atoms with Crippen LogP contribution in [-0.2, 0) is 0 Å². The Balaban J connectivity index is 1.81. The SMILES string of the molecule is Oc1ccc2ccccc2c1N=Nc1ccccc1-c1ccccn1. The van der Waals surface area contributed by atoms with Crippen LogP contribution in [0.15, 0.2) is 95.3 Å². The van der Waals surface area contributed by atoms with Gasteiger partial charge in [-0.1, -0.05) is 54.6 Å². The van der Waals surface area contributed by atoms with Gasteiger partial charge in [0.25, 0.3) is 0 Å². The molecule has 0 spiro atoms. The fourth-order valence-corrected chi connectivity index (χ4v) is 2.75. The highest BCUT2D eigenvalue weighted by atomic mass is 16.3. The van der Waals surface area contributed by atoms with E-state index in [4.69, 9.17) is 0 Å². The predicted molar refractivity (Wildman–Crippen MR) is 99.5 cm³/mol. The molecule has 25 heavy (non-hydrogen) atoms. The quantitative estimate of drug-likeness (QED) is 0.468. The van der Waals surface area contributed by atoms with Crippen LogP contribution in [0.2, 0.25) is 0 Å². The summed E-state index contributed by atoms with van der Waals surface area (Å²) >= 11 is 0. The summed E-state index contributed by atoms with van der Waals surface area (Å²) in [6.07, 6.45) is 1.75. The van der Waals surface area contributed by atoms with Crippen molar-refractivity contribution in [3.8, 4) is 17.0 Å². The van der Waals surface area contributed by atoms with Gasteiger partial charge >= 0.3 is 0 Å². The molecule has 0 aliphatic heterocycles. The maximum absolute atomic E-state index is 10.2. The largest absolute Gasteiger partial charge is 0.506 e. The van der Waals surface area contributed by atoms with Crippen molar-refractivity contribution < 1.29 is 5.11 Å². The summed E-state index contributed by atoms with van der Waals surface area (Å²) in [6, 6.07) is 24.7. The lowest BCUT2D eigenvalue weighted by molar-refractivity contribution is 0.477. The Kier molecular flexibility index (Phi) is 3.92. The molecule has 0 fully saturated rings. The van der Waals surface area contributed by atoms with E-state index in [2.05, 4.69) is 15.2 Å². The van der Waals surface area contributed by atoms with E-state index >= 15 is 0 Å². The molecule has 0 unspecified atom stereocenters. The summed E-state index contributed by atoms with van der Waals surface area (Å²) in [5.41, 5.74) is 2.90. The minimum atomic E-state index is 0.109. The number of fused-ring (bicyclic) bond motifs is 1. The zero-order valence-corrected chi connectivity index (χ0v) is 13.4. The number of aromatic hydroxyl groups is 1. The molecular formula is C21H15N3O. The fraction of sp³-hybridized carbons (Fsp3) is 0. The number of benzene rings is 3. The predicted octanol–water partition coefficient (Wildman–Crippen LogP) is 6.02. The summed E-state index contributed by atoms with van der Waals surface area (Å²) in [5, 5.41) is 20.8. The van der Waals surface area contributed by atoms with Crippen molar-refractivity contribution in [2.24, 2.45) is 10.2 Å². The summed E-state index contributed by atoms with van der Waals surface area (Å²) in [4.78, 5) is 4.38. The van der Waals surface area contributed by atoms with Crippen LogP contribution in [0.3, 0.4) is 0 Å². The van der Waals surface area contributed by atoms with Crippen LogP contribution in [0.25, 0.3) is 22.0 Å². The second-order valence-electron chi connectivity index (χ2n) is 5.59. The topological polar surface area (TPSA) is 57.8 Å². The number of pyridine rings is 1. The third kappa shape index (κ3) is 2.97. The minimum absolute atomic E-state index is 0.109. The lowest BCUT2D eigenvalue weighted by Gasteiger charge is -2.05. The first-order chi connectivity index (χ1) is 12.3. The average Bonchev–Trinajstić information content (AvgIpc) is 2.68. The molecule has 0 amide bonds. The highest BCUT2D eigenvalue weighted by Gasteiger charge is 2.08. The minimum Gasteiger partial charge on any atom is -0.506 e. The van der Waals surface area contributed by atoms with Crippen molar-refractivity contribution in [1.82, 2.24) is 4.98 Å². The molecule has 0 atom stereocenters. The van der Waals surface area contributed by atoms with E-state index in [9.17, 15) is 5.11 Å². The van der Waals surface area contributed by atoms with E-state index < -0.39 is 0 Å².